The molecule has 0 radical (unpaired) electrons. The van der Waals surface area contributed by atoms with E-state index >= 15 is 0 Å². The van der Waals surface area contributed by atoms with E-state index in [0.717, 1.165) is 31.0 Å². The summed E-state index contributed by atoms with van der Waals surface area (Å²) in [5.41, 5.74) is -0.617. The molecular weight excluding hydrogens is 586 g/mol. The summed E-state index contributed by atoms with van der Waals surface area (Å²) in [6.45, 7) is 11.0. The number of halogens is 2. The molecule has 1 N–H and O–H groups in total. The third-order valence-corrected chi connectivity index (χ3v) is 8.60. The fourth-order valence-electron chi connectivity index (χ4n) is 5.93. The summed E-state index contributed by atoms with van der Waals surface area (Å²) in [5.74, 6) is -1.69. The lowest BCUT2D eigenvalue weighted by atomic mass is 9.94. The first-order valence-corrected chi connectivity index (χ1v) is 15.6. The van der Waals surface area contributed by atoms with Crippen molar-refractivity contribution in [1.82, 2.24) is 25.1 Å². The first-order valence-electron chi connectivity index (χ1n) is 15.6. The zero-order chi connectivity index (χ0) is 32.5. The predicted molar refractivity (Wildman–Crippen MR) is 162 cm³/mol. The Labute approximate surface area is 262 Å². The standard InChI is InChI=1S/C32H42F2N6O5/c1-6-40(22-9-13-38(14-10-22)30(43)45-32(5)11-12-32)27(41)20-16-35-28(36-17-20)39-18-24(23-15-21(33)7-8-25(23)34)26(19-39)37-29(42)44-31(2,3)4/h7-8,15-17,22,24,26H,6,9-14,18-19H2,1-5H3,(H,37,42). The fraction of sp³-hybridized carbons (Fsp3) is 0.594. The largest absolute Gasteiger partial charge is 0.444 e. The van der Waals surface area contributed by atoms with Crippen LogP contribution in [0.5, 0.6) is 0 Å². The molecule has 45 heavy (non-hydrogen) atoms. The van der Waals surface area contributed by atoms with Crippen molar-refractivity contribution in [3.8, 4) is 0 Å². The van der Waals surface area contributed by atoms with E-state index < -0.39 is 35.3 Å². The average Bonchev–Trinajstić information content (AvgIpc) is 3.57. The maximum absolute atomic E-state index is 14.8. The van der Waals surface area contributed by atoms with Crippen molar-refractivity contribution < 1.29 is 32.6 Å². The van der Waals surface area contributed by atoms with Crippen molar-refractivity contribution in [1.29, 1.82) is 0 Å². The number of benzene rings is 1. The summed E-state index contributed by atoms with van der Waals surface area (Å²) >= 11 is 0. The van der Waals surface area contributed by atoms with Crippen LogP contribution in [0, 0.1) is 11.6 Å². The Morgan fingerprint density at radius 3 is 2.36 bits per heavy atom. The maximum Gasteiger partial charge on any atom is 0.410 e. The third-order valence-electron chi connectivity index (χ3n) is 8.60. The number of carbonyl (C=O) groups excluding carboxylic acids is 3. The second-order valence-corrected chi connectivity index (χ2v) is 13.3. The van der Waals surface area contributed by atoms with Gasteiger partial charge in [-0.25, -0.2) is 28.3 Å². The van der Waals surface area contributed by atoms with E-state index in [2.05, 4.69) is 15.3 Å². The number of nitrogens with one attached hydrogen (secondary N) is 1. The van der Waals surface area contributed by atoms with Crippen LogP contribution >= 0.6 is 0 Å². The number of hydrogen-bond acceptors (Lipinski definition) is 8. The molecule has 3 amide bonds. The lowest BCUT2D eigenvalue weighted by Gasteiger charge is -2.38. The van der Waals surface area contributed by atoms with Gasteiger partial charge in [-0.15, -0.1) is 0 Å². The fourth-order valence-corrected chi connectivity index (χ4v) is 5.93. The monoisotopic (exact) mass is 628 g/mol. The molecule has 1 aliphatic carbocycles. The second-order valence-electron chi connectivity index (χ2n) is 13.3. The van der Waals surface area contributed by atoms with Crippen LogP contribution < -0.4 is 10.2 Å². The topological polar surface area (TPSA) is 117 Å². The van der Waals surface area contributed by atoms with Gasteiger partial charge in [0.05, 0.1) is 11.6 Å². The van der Waals surface area contributed by atoms with Crippen LogP contribution in [0.15, 0.2) is 30.6 Å². The Kier molecular flexibility index (Phi) is 9.18. The number of likely N-dealkylation sites (tertiary alicyclic amines) is 1. The number of anilines is 1. The van der Waals surface area contributed by atoms with Crippen LogP contribution in [-0.4, -0.2) is 93.9 Å². The van der Waals surface area contributed by atoms with Gasteiger partial charge in [-0.05, 0) is 84.1 Å². The summed E-state index contributed by atoms with van der Waals surface area (Å²) in [7, 11) is 0. The van der Waals surface area contributed by atoms with Gasteiger partial charge in [-0.1, -0.05) is 0 Å². The molecule has 0 spiro atoms. The quantitative estimate of drug-likeness (QED) is 0.462. The molecule has 3 heterocycles. The van der Waals surface area contributed by atoms with E-state index in [-0.39, 0.29) is 42.3 Å². The van der Waals surface area contributed by atoms with Crippen LogP contribution in [0.3, 0.4) is 0 Å². The molecule has 2 aromatic rings. The molecule has 13 heteroatoms. The lowest BCUT2D eigenvalue weighted by Crippen LogP contribution is -2.49. The molecule has 3 fully saturated rings. The van der Waals surface area contributed by atoms with E-state index in [1.807, 2.05) is 13.8 Å². The van der Waals surface area contributed by atoms with Gasteiger partial charge < -0.3 is 29.5 Å². The number of rotatable bonds is 7. The van der Waals surface area contributed by atoms with Gasteiger partial charge in [0.25, 0.3) is 5.91 Å². The highest BCUT2D eigenvalue weighted by Gasteiger charge is 2.43. The normalized spacial score (nSPS) is 21.3. The maximum atomic E-state index is 14.8. The number of hydrogen-bond donors (Lipinski definition) is 1. The van der Waals surface area contributed by atoms with Gasteiger partial charge >= 0.3 is 12.2 Å². The molecule has 11 nitrogen and oxygen atoms in total. The SMILES string of the molecule is CCN(C(=O)c1cnc(N2CC(NC(=O)OC(C)(C)C)C(c3cc(F)ccc3F)C2)nc1)C1CCN(C(=O)OC2(C)CC2)CC1. The van der Waals surface area contributed by atoms with Crippen LogP contribution in [0.2, 0.25) is 0 Å². The Bertz CT molecular complexity index is 1410. The minimum Gasteiger partial charge on any atom is -0.444 e. The zero-order valence-corrected chi connectivity index (χ0v) is 26.5. The Balaban J connectivity index is 1.25. The summed E-state index contributed by atoms with van der Waals surface area (Å²) in [6.07, 6.45) is 5.02. The van der Waals surface area contributed by atoms with Crippen LogP contribution in [-0.2, 0) is 9.47 Å². The Morgan fingerprint density at radius 1 is 1.09 bits per heavy atom. The highest BCUT2D eigenvalue weighted by Crippen LogP contribution is 2.39. The third kappa shape index (κ3) is 7.80. The Morgan fingerprint density at radius 2 is 1.76 bits per heavy atom. The van der Waals surface area contributed by atoms with Crippen LogP contribution in [0.25, 0.3) is 0 Å². The van der Waals surface area contributed by atoms with Crippen molar-refractivity contribution in [3.63, 3.8) is 0 Å². The molecule has 1 aromatic heterocycles. The van der Waals surface area contributed by atoms with Crippen molar-refractivity contribution in [2.24, 2.45) is 0 Å². The number of aromatic nitrogens is 2. The Hall–Kier alpha value is -4.03. The number of piperidine rings is 1. The summed E-state index contributed by atoms with van der Waals surface area (Å²) < 4.78 is 40.0. The first kappa shape index (κ1) is 32.4. The van der Waals surface area contributed by atoms with E-state index in [0.29, 0.717) is 44.0 Å². The van der Waals surface area contributed by atoms with Crippen LogP contribution in [0.1, 0.15) is 82.1 Å². The number of nitrogens with zero attached hydrogens (tertiary/aromatic N) is 5. The number of carbonyl (C=O) groups is 3. The predicted octanol–water partition coefficient (Wildman–Crippen LogP) is 4.87. The van der Waals surface area contributed by atoms with E-state index in [1.165, 1.54) is 12.4 Å². The highest BCUT2D eigenvalue weighted by atomic mass is 19.1. The number of amides is 3. The highest BCUT2D eigenvalue weighted by molar-refractivity contribution is 5.94. The van der Waals surface area contributed by atoms with Gasteiger partial charge in [0.2, 0.25) is 5.95 Å². The van der Waals surface area contributed by atoms with Gasteiger partial charge in [0.1, 0.15) is 22.8 Å². The number of ether oxygens (including phenoxy) is 2. The molecule has 244 valence electrons. The first-order chi connectivity index (χ1) is 21.2. The van der Waals surface area contributed by atoms with E-state index in [9.17, 15) is 23.2 Å². The van der Waals surface area contributed by atoms with Gasteiger partial charge in [-0.2, -0.15) is 0 Å². The van der Waals surface area contributed by atoms with Crippen molar-refractivity contribution in [2.45, 2.75) is 89.5 Å². The number of alkyl carbamates (subject to hydrolysis) is 1. The minimum absolute atomic E-state index is 0.0390. The molecule has 1 aromatic carbocycles. The van der Waals surface area contributed by atoms with Crippen molar-refractivity contribution >= 4 is 24.0 Å². The zero-order valence-electron chi connectivity index (χ0n) is 26.5. The molecular formula is C32H42F2N6O5. The molecule has 0 bridgehead atoms. The second kappa shape index (κ2) is 12.8. The van der Waals surface area contributed by atoms with E-state index in [1.54, 1.807) is 35.5 Å². The van der Waals surface area contributed by atoms with Gasteiger partial charge in [0.15, 0.2) is 0 Å². The molecule has 2 aliphatic heterocycles. The van der Waals surface area contributed by atoms with Crippen LogP contribution in [0.4, 0.5) is 24.3 Å². The van der Waals surface area contributed by atoms with E-state index in [4.69, 9.17) is 9.47 Å². The van der Waals surface area contributed by atoms with Gasteiger partial charge in [-0.3, -0.25) is 4.79 Å². The summed E-state index contributed by atoms with van der Waals surface area (Å²) in [4.78, 5) is 52.8. The molecule has 5 rings (SSSR count). The molecule has 2 atom stereocenters. The van der Waals surface area contributed by atoms with Crippen molar-refractivity contribution in [2.75, 3.05) is 37.6 Å². The van der Waals surface area contributed by atoms with Gasteiger partial charge in [0, 0.05) is 57.1 Å². The summed E-state index contributed by atoms with van der Waals surface area (Å²) in [6, 6.07) is 2.59. The average molecular weight is 629 g/mol. The molecule has 2 unspecified atom stereocenters. The summed E-state index contributed by atoms with van der Waals surface area (Å²) in [5, 5.41) is 2.80. The smallest absolute Gasteiger partial charge is 0.410 e. The molecule has 1 saturated carbocycles. The molecule has 3 aliphatic rings. The van der Waals surface area contributed by atoms with Crippen molar-refractivity contribution in [3.05, 3.63) is 53.4 Å². The molecule has 2 saturated heterocycles. The minimum atomic E-state index is -0.739. The lowest BCUT2D eigenvalue weighted by molar-refractivity contribution is 0.0389.